The number of halogens is 2. The number of carbonyl (C=O) groups excluding carboxylic acids is 2. The molecule has 0 atom stereocenters. The van der Waals surface area contributed by atoms with E-state index in [9.17, 15) is 18.0 Å². The van der Waals surface area contributed by atoms with Gasteiger partial charge in [-0.15, -0.1) is 0 Å². The van der Waals surface area contributed by atoms with Crippen LogP contribution < -0.4 is 10.0 Å². The summed E-state index contributed by atoms with van der Waals surface area (Å²) >= 11 is 11.9. The lowest BCUT2D eigenvalue weighted by atomic mass is 10.2. The minimum absolute atomic E-state index is 0.105. The topological polar surface area (TPSA) is 92.3 Å². The number of rotatable bonds is 4. The van der Waals surface area contributed by atoms with Crippen molar-refractivity contribution < 1.29 is 18.0 Å². The second-order valence-electron chi connectivity index (χ2n) is 4.74. The minimum Gasteiger partial charge on any atom is -0.322 e. The Labute approximate surface area is 148 Å². The highest BCUT2D eigenvalue weighted by Gasteiger charge is 2.17. The number of hydrogen-bond acceptors (Lipinski definition) is 4. The van der Waals surface area contributed by atoms with Crippen molar-refractivity contribution in [1.29, 1.82) is 0 Å². The molecular weight excluding hydrogens is 375 g/mol. The van der Waals surface area contributed by atoms with Crippen LogP contribution in [0.25, 0.3) is 0 Å². The molecule has 0 heterocycles. The average molecular weight is 387 g/mol. The van der Waals surface area contributed by atoms with Gasteiger partial charge in [-0.25, -0.2) is 13.1 Å². The van der Waals surface area contributed by atoms with E-state index in [2.05, 4.69) is 5.32 Å². The van der Waals surface area contributed by atoms with Crippen molar-refractivity contribution in [2.24, 2.45) is 0 Å². The molecular formula is C15H12Cl2N2O4S. The van der Waals surface area contributed by atoms with Gasteiger partial charge in [0.15, 0.2) is 0 Å². The zero-order valence-corrected chi connectivity index (χ0v) is 14.7. The number of carbonyl (C=O) groups is 2. The Kier molecular flexibility index (Phi) is 5.48. The SMILES string of the molecule is CC(=O)NS(=O)(=O)c1ccc(NC(=O)c2c(Cl)cccc2Cl)cc1. The molecule has 0 spiro atoms. The maximum Gasteiger partial charge on any atom is 0.264 e. The summed E-state index contributed by atoms with van der Waals surface area (Å²) in [5.74, 6) is -1.22. The highest BCUT2D eigenvalue weighted by Crippen LogP contribution is 2.25. The molecule has 0 aliphatic carbocycles. The summed E-state index contributed by atoms with van der Waals surface area (Å²) in [6.45, 7) is 1.10. The summed E-state index contributed by atoms with van der Waals surface area (Å²) in [6, 6.07) is 9.97. The van der Waals surface area contributed by atoms with E-state index in [-0.39, 0.29) is 20.5 Å². The maximum atomic E-state index is 12.2. The molecule has 9 heteroatoms. The Hall–Kier alpha value is -2.09. The standard InChI is InChI=1S/C15H12Cl2N2O4S/c1-9(20)19-24(22,23)11-7-5-10(6-8-11)18-15(21)14-12(16)3-2-4-13(14)17/h2-8H,1H3,(H,18,21)(H,19,20). The highest BCUT2D eigenvalue weighted by atomic mass is 35.5. The van der Waals surface area contributed by atoms with Crippen molar-refractivity contribution >= 4 is 50.7 Å². The summed E-state index contributed by atoms with van der Waals surface area (Å²) < 4.78 is 25.5. The molecule has 0 fully saturated rings. The van der Waals surface area contributed by atoms with E-state index in [1.54, 1.807) is 6.07 Å². The van der Waals surface area contributed by atoms with E-state index < -0.39 is 21.8 Å². The van der Waals surface area contributed by atoms with Crippen LogP contribution in [0.1, 0.15) is 17.3 Å². The first-order valence-electron chi connectivity index (χ1n) is 6.59. The number of sulfonamides is 1. The molecule has 2 aromatic rings. The molecule has 2 aromatic carbocycles. The monoisotopic (exact) mass is 386 g/mol. The molecule has 126 valence electrons. The molecule has 0 bridgehead atoms. The van der Waals surface area contributed by atoms with Crippen LogP contribution in [0.5, 0.6) is 0 Å². The van der Waals surface area contributed by atoms with Gasteiger partial charge >= 0.3 is 0 Å². The fraction of sp³-hybridized carbons (Fsp3) is 0.0667. The van der Waals surface area contributed by atoms with Gasteiger partial charge in [0.25, 0.3) is 15.9 Å². The fourth-order valence-electron chi connectivity index (χ4n) is 1.87. The van der Waals surface area contributed by atoms with Crippen LogP contribution in [0.4, 0.5) is 5.69 Å². The Bertz CT molecular complexity index is 876. The van der Waals surface area contributed by atoms with Crippen molar-refractivity contribution in [3.05, 3.63) is 58.1 Å². The Morgan fingerprint density at radius 2 is 1.50 bits per heavy atom. The largest absolute Gasteiger partial charge is 0.322 e. The average Bonchev–Trinajstić information content (AvgIpc) is 2.46. The van der Waals surface area contributed by atoms with E-state index >= 15 is 0 Å². The van der Waals surface area contributed by atoms with Gasteiger partial charge in [0.05, 0.1) is 20.5 Å². The summed E-state index contributed by atoms with van der Waals surface area (Å²) in [6.07, 6.45) is 0. The van der Waals surface area contributed by atoms with Gasteiger partial charge in [0.2, 0.25) is 5.91 Å². The zero-order chi connectivity index (χ0) is 17.9. The number of nitrogens with one attached hydrogen (secondary N) is 2. The van der Waals surface area contributed by atoms with Crippen LogP contribution in [-0.4, -0.2) is 20.2 Å². The Morgan fingerprint density at radius 3 is 2.00 bits per heavy atom. The van der Waals surface area contributed by atoms with Crippen molar-refractivity contribution in [2.75, 3.05) is 5.32 Å². The second-order valence-corrected chi connectivity index (χ2v) is 7.23. The lowest BCUT2D eigenvalue weighted by Crippen LogP contribution is -2.28. The zero-order valence-electron chi connectivity index (χ0n) is 12.3. The second kappa shape index (κ2) is 7.21. The number of hydrogen-bond donors (Lipinski definition) is 2. The maximum absolute atomic E-state index is 12.2. The molecule has 0 radical (unpaired) electrons. The molecule has 0 unspecified atom stereocenters. The summed E-state index contributed by atoms with van der Waals surface area (Å²) in [5.41, 5.74) is 0.466. The third-order valence-corrected chi connectivity index (χ3v) is 4.97. The van der Waals surface area contributed by atoms with Crippen LogP contribution in [0.3, 0.4) is 0 Å². The molecule has 0 saturated carbocycles. The van der Waals surface area contributed by atoms with E-state index in [4.69, 9.17) is 23.2 Å². The van der Waals surface area contributed by atoms with Crippen LogP contribution in [0.15, 0.2) is 47.4 Å². The molecule has 6 nitrogen and oxygen atoms in total. The molecule has 2 amide bonds. The van der Waals surface area contributed by atoms with Gasteiger partial charge in [-0.2, -0.15) is 0 Å². The molecule has 24 heavy (non-hydrogen) atoms. The van der Waals surface area contributed by atoms with Gasteiger partial charge in [-0.05, 0) is 36.4 Å². The quantitative estimate of drug-likeness (QED) is 0.844. The first-order valence-corrected chi connectivity index (χ1v) is 8.83. The summed E-state index contributed by atoms with van der Waals surface area (Å²) in [7, 11) is -3.92. The Morgan fingerprint density at radius 1 is 0.958 bits per heavy atom. The van der Waals surface area contributed by atoms with Gasteiger partial charge in [0, 0.05) is 12.6 Å². The molecule has 2 N–H and O–H groups in total. The van der Waals surface area contributed by atoms with Crippen molar-refractivity contribution in [2.45, 2.75) is 11.8 Å². The van der Waals surface area contributed by atoms with Crippen molar-refractivity contribution in [3.8, 4) is 0 Å². The Balaban J connectivity index is 2.21. The summed E-state index contributed by atoms with van der Waals surface area (Å²) in [4.78, 5) is 23.0. The predicted octanol–water partition coefficient (Wildman–Crippen LogP) is 3.07. The smallest absolute Gasteiger partial charge is 0.264 e. The first kappa shape index (κ1) is 18.3. The van der Waals surface area contributed by atoms with Crippen LogP contribution in [0.2, 0.25) is 10.0 Å². The third kappa shape index (κ3) is 4.25. The molecule has 0 aliphatic rings. The highest BCUT2D eigenvalue weighted by molar-refractivity contribution is 7.90. The van der Waals surface area contributed by atoms with E-state index in [0.29, 0.717) is 5.69 Å². The van der Waals surface area contributed by atoms with Crippen molar-refractivity contribution in [1.82, 2.24) is 4.72 Å². The molecule has 0 aromatic heterocycles. The van der Waals surface area contributed by atoms with Gasteiger partial charge in [-0.1, -0.05) is 29.3 Å². The number of anilines is 1. The minimum atomic E-state index is -3.92. The van der Waals surface area contributed by atoms with Gasteiger partial charge < -0.3 is 5.32 Å². The molecule has 0 aliphatic heterocycles. The third-order valence-electron chi connectivity index (χ3n) is 2.89. The van der Waals surface area contributed by atoms with Crippen LogP contribution >= 0.6 is 23.2 Å². The molecule has 2 rings (SSSR count). The van der Waals surface area contributed by atoms with Crippen LogP contribution in [0, 0.1) is 0 Å². The lowest BCUT2D eigenvalue weighted by molar-refractivity contribution is -0.117. The van der Waals surface area contributed by atoms with Gasteiger partial charge in [-0.3, -0.25) is 9.59 Å². The van der Waals surface area contributed by atoms with Crippen LogP contribution in [-0.2, 0) is 14.8 Å². The van der Waals surface area contributed by atoms with E-state index in [1.807, 2.05) is 4.72 Å². The van der Waals surface area contributed by atoms with Gasteiger partial charge in [0.1, 0.15) is 0 Å². The van der Waals surface area contributed by atoms with E-state index in [0.717, 1.165) is 6.92 Å². The molecule has 0 saturated heterocycles. The first-order chi connectivity index (χ1) is 11.2. The van der Waals surface area contributed by atoms with E-state index in [1.165, 1.54) is 36.4 Å². The summed E-state index contributed by atoms with van der Waals surface area (Å²) in [5, 5.41) is 2.97. The van der Waals surface area contributed by atoms with Crippen molar-refractivity contribution in [3.63, 3.8) is 0 Å². The predicted molar refractivity (Wildman–Crippen MR) is 91.9 cm³/mol. The normalized spacial score (nSPS) is 11.0. The number of amides is 2. The lowest BCUT2D eigenvalue weighted by Gasteiger charge is -2.09. The fourth-order valence-corrected chi connectivity index (χ4v) is 3.43. The number of benzene rings is 2.